The molecule has 1 aromatic rings. The lowest BCUT2D eigenvalue weighted by molar-refractivity contribution is 0.138. The van der Waals surface area contributed by atoms with Crippen LogP contribution in [-0.2, 0) is 0 Å². The molecule has 4 nitrogen and oxygen atoms in total. The summed E-state index contributed by atoms with van der Waals surface area (Å²) < 4.78 is 5.24. The van der Waals surface area contributed by atoms with Crippen molar-refractivity contribution in [2.45, 2.75) is 25.4 Å². The summed E-state index contributed by atoms with van der Waals surface area (Å²) in [4.78, 5) is 2.15. The maximum Gasteiger partial charge on any atom is 0.119 e. The van der Waals surface area contributed by atoms with Crippen LogP contribution in [0.5, 0.6) is 5.75 Å². The monoisotopic (exact) mass is 237 g/mol. The summed E-state index contributed by atoms with van der Waals surface area (Å²) in [5.74, 6) is 6.55. The molecule has 0 radical (unpaired) electrons. The topological polar surface area (TPSA) is 50.5 Å². The Morgan fingerprint density at radius 3 is 2.47 bits per heavy atom. The van der Waals surface area contributed by atoms with Crippen molar-refractivity contribution >= 4 is 0 Å². The quantitative estimate of drug-likeness (QED) is 0.602. The Bertz CT molecular complexity index is 363. The molecule has 0 fully saturated rings. The van der Waals surface area contributed by atoms with Gasteiger partial charge in [0, 0.05) is 5.54 Å². The molecule has 0 heterocycles. The zero-order valence-electron chi connectivity index (χ0n) is 11.3. The minimum Gasteiger partial charge on any atom is -0.497 e. The summed E-state index contributed by atoms with van der Waals surface area (Å²) in [6, 6.07) is 8.01. The molecule has 0 aliphatic carbocycles. The van der Waals surface area contributed by atoms with E-state index in [4.69, 9.17) is 10.6 Å². The molecule has 0 bridgehead atoms. The number of hydrogen-bond donors (Lipinski definition) is 2. The van der Waals surface area contributed by atoms with E-state index in [1.165, 1.54) is 0 Å². The predicted octanol–water partition coefficient (Wildman–Crippen LogP) is 1.54. The van der Waals surface area contributed by atoms with Gasteiger partial charge in [-0.3, -0.25) is 11.3 Å². The minimum atomic E-state index is -0.0961. The lowest BCUT2D eigenvalue weighted by atomic mass is 9.88. The fourth-order valence-electron chi connectivity index (χ4n) is 1.79. The third kappa shape index (κ3) is 2.97. The Morgan fingerprint density at radius 1 is 1.35 bits per heavy atom. The standard InChI is InChI=1S/C13H23N3O/c1-13(2,16(3)4)12(15-14)10-7-6-8-11(9-10)17-5/h6-9,12,15H,14H2,1-5H3. The molecule has 0 aliphatic heterocycles. The first kappa shape index (κ1) is 14.0. The van der Waals surface area contributed by atoms with E-state index in [1.54, 1.807) is 7.11 Å². The van der Waals surface area contributed by atoms with Gasteiger partial charge >= 0.3 is 0 Å². The van der Waals surface area contributed by atoms with Crippen LogP contribution < -0.4 is 16.0 Å². The fourth-order valence-corrected chi connectivity index (χ4v) is 1.79. The zero-order valence-corrected chi connectivity index (χ0v) is 11.3. The van der Waals surface area contributed by atoms with E-state index >= 15 is 0 Å². The van der Waals surface area contributed by atoms with Crippen LogP contribution >= 0.6 is 0 Å². The lowest BCUT2D eigenvalue weighted by Crippen LogP contribution is -2.51. The molecule has 1 atom stereocenters. The van der Waals surface area contributed by atoms with Gasteiger partial charge < -0.3 is 9.64 Å². The van der Waals surface area contributed by atoms with Crippen molar-refractivity contribution in [2.75, 3.05) is 21.2 Å². The third-order valence-electron chi connectivity index (χ3n) is 3.45. The normalized spacial score (nSPS) is 13.8. The van der Waals surface area contributed by atoms with Crippen LogP contribution in [0.1, 0.15) is 25.5 Å². The molecule has 0 amide bonds. The van der Waals surface area contributed by atoms with E-state index in [9.17, 15) is 0 Å². The van der Waals surface area contributed by atoms with Crippen LogP contribution in [0.3, 0.4) is 0 Å². The maximum atomic E-state index is 5.70. The highest BCUT2D eigenvalue weighted by Gasteiger charge is 2.32. The third-order valence-corrected chi connectivity index (χ3v) is 3.45. The molecule has 0 aromatic heterocycles. The molecular weight excluding hydrogens is 214 g/mol. The Kier molecular flexibility index (Phi) is 4.51. The molecule has 0 saturated carbocycles. The summed E-state index contributed by atoms with van der Waals surface area (Å²) in [5.41, 5.74) is 3.91. The van der Waals surface area contributed by atoms with E-state index in [2.05, 4.69) is 30.2 Å². The van der Waals surface area contributed by atoms with Crippen molar-refractivity contribution in [2.24, 2.45) is 5.84 Å². The SMILES string of the molecule is COc1cccc(C(NN)C(C)(C)N(C)C)c1. The number of nitrogens with two attached hydrogens (primary N) is 1. The molecule has 17 heavy (non-hydrogen) atoms. The average molecular weight is 237 g/mol. The number of benzene rings is 1. The number of methoxy groups -OCH3 is 1. The summed E-state index contributed by atoms with van der Waals surface area (Å²) in [6.45, 7) is 4.30. The van der Waals surface area contributed by atoms with E-state index in [-0.39, 0.29) is 11.6 Å². The van der Waals surface area contributed by atoms with Gasteiger partial charge in [-0.05, 0) is 45.6 Å². The first-order valence-corrected chi connectivity index (χ1v) is 5.71. The van der Waals surface area contributed by atoms with Crippen molar-refractivity contribution in [3.63, 3.8) is 0 Å². The van der Waals surface area contributed by atoms with Gasteiger partial charge in [-0.1, -0.05) is 12.1 Å². The van der Waals surface area contributed by atoms with Gasteiger partial charge in [0.1, 0.15) is 5.75 Å². The lowest BCUT2D eigenvalue weighted by Gasteiger charge is -2.40. The highest BCUT2D eigenvalue weighted by Crippen LogP contribution is 2.30. The molecule has 0 spiro atoms. The molecule has 96 valence electrons. The number of nitrogens with zero attached hydrogens (tertiary/aromatic N) is 1. The minimum absolute atomic E-state index is 0.0348. The Labute approximate surface area is 104 Å². The van der Waals surface area contributed by atoms with Crippen molar-refractivity contribution in [1.29, 1.82) is 0 Å². The molecule has 0 aliphatic rings. The first-order valence-electron chi connectivity index (χ1n) is 5.71. The average Bonchev–Trinajstić information content (AvgIpc) is 2.29. The Hall–Kier alpha value is -1.10. The largest absolute Gasteiger partial charge is 0.497 e. The van der Waals surface area contributed by atoms with Crippen molar-refractivity contribution in [3.8, 4) is 5.75 Å². The van der Waals surface area contributed by atoms with Crippen LogP contribution in [-0.4, -0.2) is 31.6 Å². The summed E-state index contributed by atoms with van der Waals surface area (Å²) >= 11 is 0. The molecule has 0 saturated heterocycles. The molecule has 4 heteroatoms. The van der Waals surface area contributed by atoms with Crippen LogP contribution in [0.25, 0.3) is 0 Å². The van der Waals surface area contributed by atoms with Gasteiger partial charge in [0.15, 0.2) is 0 Å². The van der Waals surface area contributed by atoms with Gasteiger partial charge in [-0.15, -0.1) is 0 Å². The van der Waals surface area contributed by atoms with E-state index in [0.717, 1.165) is 11.3 Å². The van der Waals surface area contributed by atoms with E-state index in [0.29, 0.717) is 0 Å². The summed E-state index contributed by atoms with van der Waals surface area (Å²) in [5, 5.41) is 0. The highest BCUT2D eigenvalue weighted by molar-refractivity contribution is 5.32. The van der Waals surface area contributed by atoms with Gasteiger partial charge in [-0.2, -0.15) is 0 Å². The van der Waals surface area contributed by atoms with Gasteiger partial charge in [0.05, 0.1) is 13.2 Å². The van der Waals surface area contributed by atoms with Crippen LogP contribution in [0.15, 0.2) is 24.3 Å². The van der Waals surface area contributed by atoms with Crippen LogP contribution in [0.4, 0.5) is 0 Å². The van der Waals surface area contributed by atoms with Gasteiger partial charge in [-0.25, -0.2) is 0 Å². The number of ether oxygens (including phenoxy) is 1. The zero-order chi connectivity index (χ0) is 13.1. The second-order valence-electron chi connectivity index (χ2n) is 4.92. The van der Waals surface area contributed by atoms with Crippen molar-refractivity contribution in [1.82, 2.24) is 10.3 Å². The van der Waals surface area contributed by atoms with Gasteiger partial charge in [0.2, 0.25) is 0 Å². The van der Waals surface area contributed by atoms with Crippen LogP contribution in [0, 0.1) is 0 Å². The number of nitrogens with one attached hydrogen (secondary N) is 1. The smallest absolute Gasteiger partial charge is 0.119 e. The second kappa shape index (κ2) is 5.49. The number of rotatable bonds is 5. The van der Waals surface area contributed by atoms with E-state index in [1.807, 2.05) is 32.3 Å². The molecule has 1 rings (SSSR count). The molecule has 3 N–H and O–H groups in total. The first-order chi connectivity index (χ1) is 7.93. The number of likely N-dealkylation sites (N-methyl/N-ethyl adjacent to an activating group) is 1. The van der Waals surface area contributed by atoms with Gasteiger partial charge in [0.25, 0.3) is 0 Å². The maximum absolute atomic E-state index is 5.70. The van der Waals surface area contributed by atoms with Crippen LogP contribution in [0.2, 0.25) is 0 Å². The number of hydrogen-bond acceptors (Lipinski definition) is 4. The fraction of sp³-hybridized carbons (Fsp3) is 0.538. The molecular formula is C13H23N3O. The Balaban J connectivity index is 3.09. The number of hydrazine groups is 1. The van der Waals surface area contributed by atoms with E-state index < -0.39 is 0 Å². The summed E-state index contributed by atoms with van der Waals surface area (Å²) in [7, 11) is 5.76. The molecule has 1 aromatic carbocycles. The van der Waals surface area contributed by atoms with Crippen molar-refractivity contribution in [3.05, 3.63) is 29.8 Å². The van der Waals surface area contributed by atoms with Crippen molar-refractivity contribution < 1.29 is 4.74 Å². The molecule has 1 unspecified atom stereocenters. The summed E-state index contributed by atoms with van der Waals surface area (Å²) in [6.07, 6.45) is 0. The highest BCUT2D eigenvalue weighted by atomic mass is 16.5. The predicted molar refractivity (Wildman–Crippen MR) is 70.8 cm³/mol. The second-order valence-corrected chi connectivity index (χ2v) is 4.92. The Morgan fingerprint density at radius 2 is 2.00 bits per heavy atom.